The lowest BCUT2D eigenvalue weighted by atomic mass is 10.0. The van der Waals surface area contributed by atoms with Gasteiger partial charge in [0.25, 0.3) is 0 Å². The summed E-state index contributed by atoms with van der Waals surface area (Å²) in [5.41, 5.74) is 0.913. The van der Waals surface area contributed by atoms with Gasteiger partial charge in [-0.15, -0.1) is 0 Å². The number of nitrogens with one attached hydrogen (secondary N) is 1. The first-order chi connectivity index (χ1) is 9.11. The van der Waals surface area contributed by atoms with Crippen molar-refractivity contribution in [3.8, 4) is 0 Å². The summed E-state index contributed by atoms with van der Waals surface area (Å²) in [4.78, 5) is 4.02. The molecular formula is C14H13ClF2N2. The van der Waals surface area contributed by atoms with E-state index in [9.17, 15) is 8.78 Å². The van der Waals surface area contributed by atoms with Crippen molar-refractivity contribution in [2.24, 2.45) is 0 Å². The van der Waals surface area contributed by atoms with Crippen LogP contribution in [0.1, 0.15) is 17.3 Å². The third kappa shape index (κ3) is 3.28. The number of benzene rings is 1. The number of likely N-dealkylation sites (N-methyl/N-ethyl adjacent to an activating group) is 1. The number of pyridine rings is 1. The zero-order valence-electron chi connectivity index (χ0n) is 10.3. The predicted octanol–water partition coefficient (Wildman–Crippen LogP) is 3.52. The fourth-order valence-corrected chi connectivity index (χ4v) is 2.10. The summed E-state index contributed by atoms with van der Waals surface area (Å²) in [6.45, 7) is 0. The first-order valence-electron chi connectivity index (χ1n) is 5.83. The molecule has 2 nitrogen and oxygen atoms in total. The molecule has 1 heterocycles. The minimum Gasteiger partial charge on any atom is -0.311 e. The lowest BCUT2D eigenvalue weighted by molar-refractivity contribution is 0.515. The predicted molar refractivity (Wildman–Crippen MR) is 71.1 cm³/mol. The van der Waals surface area contributed by atoms with Gasteiger partial charge in [0.15, 0.2) is 0 Å². The van der Waals surface area contributed by atoms with Crippen LogP contribution in [-0.2, 0) is 6.42 Å². The molecule has 1 unspecified atom stereocenters. The monoisotopic (exact) mass is 282 g/mol. The second-order valence-electron chi connectivity index (χ2n) is 4.15. The van der Waals surface area contributed by atoms with E-state index >= 15 is 0 Å². The van der Waals surface area contributed by atoms with Gasteiger partial charge in [-0.2, -0.15) is 0 Å². The zero-order valence-corrected chi connectivity index (χ0v) is 11.1. The number of hydrogen-bond donors (Lipinski definition) is 1. The summed E-state index contributed by atoms with van der Waals surface area (Å²) in [6, 6.07) is 6.66. The topological polar surface area (TPSA) is 24.9 Å². The third-order valence-corrected chi connectivity index (χ3v) is 3.27. The maximum atomic E-state index is 13.7. The summed E-state index contributed by atoms with van der Waals surface area (Å²) in [5.74, 6) is -0.759. The van der Waals surface area contributed by atoms with E-state index in [1.807, 2.05) is 0 Å². The molecule has 1 N–H and O–H groups in total. The van der Waals surface area contributed by atoms with E-state index < -0.39 is 5.82 Å². The van der Waals surface area contributed by atoms with Crippen LogP contribution in [-0.4, -0.2) is 12.0 Å². The molecular weight excluding hydrogens is 270 g/mol. The van der Waals surface area contributed by atoms with Crippen molar-refractivity contribution in [3.05, 3.63) is 64.4 Å². The fraction of sp³-hybridized carbons (Fsp3) is 0.214. The summed E-state index contributed by atoms with van der Waals surface area (Å²) in [5, 5.41) is 3.43. The minimum absolute atomic E-state index is 0.297. The van der Waals surface area contributed by atoms with Crippen LogP contribution in [0.5, 0.6) is 0 Å². The van der Waals surface area contributed by atoms with Crippen LogP contribution in [0.25, 0.3) is 0 Å². The van der Waals surface area contributed by atoms with Gasteiger partial charge in [0, 0.05) is 11.2 Å². The van der Waals surface area contributed by atoms with Gasteiger partial charge in [-0.3, -0.25) is 4.98 Å². The second kappa shape index (κ2) is 6.08. The highest BCUT2D eigenvalue weighted by Gasteiger charge is 2.17. The second-order valence-corrected chi connectivity index (χ2v) is 4.56. The van der Waals surface area contributed by atoms with Gasteiger partial charge in [-0.25, -0.2) is 8.78 Å². The Morgan fingerprint density at radius 1 is 1.32 bits per heavy atom. The third-order valence-electron chi connectivity index (χ3n) is 2.90. The molecule has 5 heteroatoms. The van der Waals surface area contributed by atoms with Gasteiger partial charge < -0.3 is 5.32 Å². The lowest BCUT2D eigenvalue weighted by Gasteiger charge is -2.17. The quantitative estimate of drug-likeness (QED) is 0.928. The number of nitrogens with zero attached hydrogens (tertiary/aromatic N) is 1. The van der Waals surface area contributed by atoms with Gasteiger partial charge in [0.2, 0.25) is 0 Å². The molecule has 0 aliphatic rings. The van der Waals surface area contributed by atoms with E-state index in [4.69, 9.17) is 11.6 Å². The van der Waals surface area contributed by atoms with Gasteiger partial charge >= 0.3 is 0 Å². The Labute approximate surface area is 115 Å². The molecule has 1 aromatic heterocycles. The normalized spacial score (nSPS) is 12.4. The van der Waals surface area contributed by atoms with Crippen molar-refractivity contribution in [1.29, 1.82) is 0 Å². The van der Waals surface area contributed by atoms with Crippen molar-refractivity contribution in [3.63, 3.8) is 0 Å². The first kappa shape index (κ1) is 13.9. The van der Waals surface area contributed by atoms with Gasteiger partial charge in [-0.1, -0.05) is 11.6 Å². The molecule has 19 heavy (non-hydrogen) atoms. The summed E-state index contributed by atoms with van der Waals surface area (Å²) < 4.78 is 26.9. The molecule has 0 bridgehead atoms. The fourth-order valence-electron chi connectivity index (χ4n) is 1.91. The molecule has 2 aromatic rings. The SMILES string of the molecule is CNC(Cc1cc(F)ccc1Cl)c1ncccc1F. The van der Waals surface area contributed by atoms with Crippen LogP contribution in [0.3, 0.4) is 0 Å². The minimum atomic E-state index is -0.394. The van der Waals surface area contributed by atoms with Crippen molar-refractivity contribution in [1.82, 2.24) is 10.3 Å². The summed E-state index contributed by atoms with van der Waals surface area (Å²) in [7, 11) is 1.70. The van der Waals surface area contributed by atoms with Gasteiger partial charge in [0.1, 0.15) is 11.6 Å². The molecule has 0 radical (unpaired) electrons. The Hall–Kier alpha value is -1.52. The highest BCUT2D eigenvalue weighted by Crippen LogP contribution is 2.24. The Balaban J connectivity index is 2.29. The Kier molecular flexibility index (Phi) is 4.45. The maximum Gasteiger partial charge on any atom is 0.146 e. The van der Waals surface area contributed by atoms with Crippen LogP contribution in [0.15, 0.2) is 36.5 Å². The smallest absolute Gasteiger partial charge is 0.146 e. The number of rotatable bonds is 4. The van der Waals surface area contributed by atoms with Crippen LogP contribution >= 0.6 is 11.6 Å². The van der Waals surface area contributed by atoms with Crippen molar-refractivity contribution >= 4 is 11.6 Å². The molecule has 0 amide bonds. The van der Waals surface area contributed by atoms with Crippen LogP contribution in [0, 0.1) is 11.6 Å². The van der Waals surface area contributed by atoms with E-state index in [0.29, 0.717) is 22.7 Å². The van der Waals surface area contributed by atoms with Crippen LogP contribution in [0.4, 0.5) is 8.78 Å². The molecule has 0 aliphatic carbocycles. The molecule has 0 saturated heterocycles. The molecule has 0 fully saturated rings. The summed E-state index contributed by atoms with van der Waals surface area (Å²) >= 11 is 6.02. The average Bonchev–Trinajstić information content (AvgIpc) is 2.41. The maximum absolute atomic E-state index is 13.7. The number of aromatic nitrogens is 1. The average molecular weight is 283 g/mol. The molecule has 2 rings (SSSR count). The molecule has 1 aromatic carbocycles. The molecule has 1 atom stereocenters. The van der Waals surface area contributed by atoms with Crippen molar-refractivity contribution < 1.29 is 8.78 Å². The van der Waals surface area contributed by atoms with E-state index in [-0.39, 0.29) is 11.9 Å². The first-order valence-corrected chi connectivity index (χ1v) is 6.21. The zero-order chi connectivity index (χ0) is 13.8. The van der Waals surface area contributed by atoms with Crippen LogP contribution < -0.4 is 5.32 Å². The highest BCUT2D eigenvalue weighted by atomic mass is 35.5. The number of halogens is 3. The lowest BCUT2D eigenvalue weighted by Crippen LogP contribution is -2.21. The Morgan fingerprint density at radius 3 is 2.79 bits per heavy atom. The number of hydrogen-bond acceptors (Lipinski definition) is 2. The standard InChI is InChI=1S/C14H13ClF2N2/c1-18-13(14-12(17)3-2-6-19-14)8-9-7-10(16)4-5-11(9)15/h2-7,13,18H,8H2,1H3. The Bertz CT molecular complexity index is 575. The van der Waals surface area contributed by atoms with Crippen molar-refractivity contribution in [2.45, 2.75) is 12.5 Å². The van der Waals surface area contributed by atoms with Gasteiger partial charge in [-0.05, 0) is 49.4 Å². The van der Waals surface area contributed by atoms with Crippen molar-refractivity contribution in [2.75, 3.05) is 7.05 Å². The van der Waals surface area contributed by atoms with E-state index in [2.05, 4.69) is 10.3 Å². The van der Waals surface area contributed by atoms with E-state index in [0.717, 1.165) is 0 Å². The molecule has 0 saturated carbocycles. The van der Waals surface area contributed by atoms with Crippen LogP contribution in [0.2, 0.25) is 5.02 Å². The largest absolute Gasteiger partial charge is 0.311 e. The Morgan fingerprint density at radius 2 is 2.11 bits per heavy atom. The highest BCUT2D eigenvalue weighted by molar-refractivity contribution is 6.31. The molecule has 0 spiro atoms. The van der Waals surface area contributed by atoms with E-state index in [1.54, 1.807) is 7.05 Å². The van der Waals surface area contributed by atoms with Gasteiger partial charge in [0.05, 0.1) is 11.7 Å². The van der Waals surface area contributed by atoms with E-state index in [1.165, 1.54) is 36.5 Å². The molecule has 100 valence electrons. The molecule has 0 aliphatic heterocycles. The summed E-state index contributed by atoms with van der Waals surface area (Å²) in [6.07, 6.45) is 1.89.